The molecule has 4 nitrogen and oxygen atoms in total. The van der Waals surface area contributed by atoms with Gasteiger partial charge in [-0.3, -0.25) is 4.79 Å². The van der Waals surface area contributed by atoms with E-state index < -0.39 is 0 Å². The number of rotatable bonds is 3. The number of phenols is 1. The molecule has 19 heavy (non-hydrogen) atoms. The summed E-state index contributed by atoms with van der Waals surface area (Å²) in [5.41, 5.74) is 1.05. The number of benzene rings is 1. The largest absolute Gasteiger partial charge is 0.508 e. The van der Waals surface area contributed by atoms with E-state index in [2.05, 4.69) is 12.2 Å². The number of amides is 1. The van der Waals surface area contributed by atoms with Gasteiger partial charge in [0.1, 0.15) is 5.75 Å². The third-order valence-electron chi connectivity index (χ3n) is 3.53. The molecule has 2 rings (SSSR count). The molecule has 0 bridgehead atoms. The van der Waals surface area contributed by atoms with Crippen molar-refractivity contribution in [3.8, 4) is 5.75 Å². The van der Waals surface area contributed by atoms with Gasteiger partial charge >= 0.3 is 0 Å². The van der Waals surface area contributed by atoms with Gasteiger partial charge in [0.05, 0.1) is 12.2 Å². The second-order valence-electron chi connectivity index (χ2n) is 5.12. The molecule has 0 aromatic heterocycles. The third kappa shape index (κ3) is 3.70. The molecule has 0 aliphatic carbocycles. The molecule has 2 N–H and O–H groups in total. The molecule has 4 heteroatoms. The number of hydrogen-bond acceptors (Lipinski definition) is 3. The molecular formula is C15H21NO3. The summed E-state index contributed by atoms with van der Waals surface area (Å²) >= 11 is 0. The molecular weight excluding hydrogens is 242 g/mol. The van der Waals surface area contributed by atoms with Crippen molar-refractivity contribution in [2.75, 3.05) is 0 Å². The maximum absolute atomic E-state index is 11.2. The topological polar surface area (TPSA) is 58.6 Å². The third-order valence-corrected chi connectivity index (χ3v) is 3.53. The van der Waals surface area contributed by atoms with Crippen LogP contribution in [0.5, 0.6) is 5.75 Å². The molecule has 1 aromatic rings. The zero-order valence-electron chi connectivity index (χ0n) is 11.4. The molecule has 1 saturated heterocycles. The minimum Gasteiger partial charge on any atom is -0.508 e. The number of hydrogen-bond donors (Lipinski definition) is 2. The van der Waals surface area contributed by atoms with E-state index in [9.17, 15) is 9.90 Å². The van der Waals surface area contributed by atoms with E-state index >= 15 is 0 Å². The Bertz CT molecular complexity index is 430. The van der Waals surface area contributed by atoms with Crippen molar-refractivity contribution >= 4 is 5.91 Å². The maximum atomic E-state index is 11.2. The Morgan fingerprint density at radius 2 is 2.05 bits per heavy atom. The predicted molar refractivity (Wildman–Crippen MR) is 72.9 cm³/mol. The minimum absolute atomic E-state index is 0.00575. The quantitative estimate of drug-likeness (QED) is 0.881. The van der Waals surface area contributed by atoms with Gasteiger partial charge in [0.2, 0.25) is 5.91 Å². The first kappa shape index (κ1) is 13.9. The lowest BCUT2D eigenvalue weighted by Gasteiger charge is -2.35. The van der Waals surface area contributed by atoms with Crippen molar-refractivity contribution in [1.82, 2.24) is 5.32 Å². The second kappa shape index (κ2) is 6.06. The van der Waals surface area contributed by atoms with Crippen molar-refractivity contribution in [2.24, 2.45) is 0 Å². The summed E-state index contributed by atoms with van der Waals surface area (Å²) in [6, 6.07) is 7.25. The van der Waals surface area contributed by atoms with Gasteiger partial charge in [-0.15, -0.1) is 0 Å². The molecule has 0 spiro atoms. The fourth-order valence-electron chi connectivity index (χ4n) is 2.59. The van der Waals surface area contributed by atoms with E-state index in [1.807, 2.05) is 12.1 Å². The van der Waals surface area contributed by atoms with Gasteiger partial charge in [0.25, 0.3) is 0 Å². The summed E-state index contributed by atoms with van der Waals surface area (Å²) in [6.07, 6.45) is 2.73. The molecule has 1 aliphatic rings. The first-order chi connectivity index (χ1) is 9.08. The van der Waals surface area contributed by atoms with E-state index in [0.717, 1.165) is 24.8 Å². The number of phenolic OH excluding ortho intramolecular Hbond substituents is 1. The van der Waals surface area contributed by atoms with Crippen molar-refractivity contribution in [3.63, 3.8) is 0 Å². The molecule has 0 radical (unpaired) electrons. The lowest BCUT2D eigenvalue weighted by atomic mass is 9.93. The van der Waals surface area contributed by atoms with E-state index in [1.165, 1.54) is 0 Å². The van der Waals surface area contributed by atoms with Gasteiger partial charge in [-0.1, -0.05) is 19.1 Å². The minimum atomic E-state index is -0.0175. The number of carbonyl (C=O) groups excluding carboxylic acids is 1. The highest BCUT2D eigenvalue weighted by Crippen LogP contribution is 2.33. The van der Waals surface area contributed by atoms with Crippen molar-refractivity contribution in [2.45, 2.75) is 51.4 Å². The monoisotopic (exact) mass is 263 g/mol. The highest BCUT2D eigenvalue weighted by atomic mass is 16.5. The molecule has 104 valence electrons. The fraction of sp³-hybridized carbons (Fsp3) is 0.533. The van der Waals surface area contributed by atoms with Crippen molar-refractivity contribution in [1.29, 1.82) is 0 Å². The van der Waals surface area contributed by atoms with Crippen LogP contribution in [0.2, 0.25) is 0 Å². The Morgan fingerprint density at radius 3 is 2.63 bits per heavy atom. The van der Waals surface area contributed by atoms with E-state index in [-0.39, 0.29) is 29.9 Å². The highest BCUT2D eigenvalue weighted by Gasteiger charge is 2.29. The predicted octanol–water partition coefficient (Wildman–Crippen LogP) is 2.53. The lowest BCUT2D eigenvalue weighted by molar-refractivity contribution is -0.122. The van der Waals surface area contributed by atoms with E-state index in [1.54, 1.807) is 19.1 Å². The average Bonchev–Trinajstić information content (AvgIpc) is 2.38. The maximum Gasteiger partial charge on any atom is 0.217 e. The van der Waals surface area contributed by atoms with E-state index in [0.29, 0.717) is 0 Å². The molecule has 0 unspecified atom stereocenters. The van der Waals surface area contributed by atoms with E-state index in [4.69, 9.17) is 4.74 Å². The molecule has 1 aliphatic heterocycles. The van der Waals surface area contributed by atoms with Gasteiger partial charge in [-0.25, -0.2) is 0 Å². The number of nitrogens with one attached hydrogen (secondary N) is 1. The van der Waals surface area contributed by atoms with Crippen LogP contribution in [-0.2, 0) is 9.53 Å². The van der Waals surface area contributed by atoms with Gasteiger partial charge < -0.3 is 15.2 Å². The standard InChI is InChI=1S/C15H21NO3/c1-3-14-8-12(16-10(2)17)9-15(19-14)11-4-6-13(18)7-5-11/h4-7,12,14-15,18H,3,8-9H2,1-2H3,(H,16,17)/t12-,14+,15+/m0/s1. The number of aromatic hydroxyl groups is 1. The zero-order chi connectivity index (χ0) is 13.8. The Kier molecular flexibility index (Phi) is 4.43. The molecule has 1 heterocycles. The Morgan fingerprint density at radius 1 is 1.37 bits per heavy atom. The smallest absolute Gasteiger partial charge is 0.217 e. The van der Waals surface area contributed by atoms with Crippen LogP contribution in [0.1, 0.15) is 44.8 Å². The Hall–Kier alpha value is -1.55. The first-order valence-electron chi connectivity index (χ1n) is 6.80. The Labute approximate surface area is 113 Å². The average molecular weight is 263 g/mol. The van der Waals surface area contributed by atoms with Crippen LogP contribution in [0, 0.1) is 0 Å². The van der Waals surface area contributed by atoms with Crippen molar-refractivity contribution < 1.29 is 14.6 Å². The fourth-order valence-corrected chi connectivity index (χ4v) is 2.59. The number of ether oxygens (including phenoxy) is 1. The van der Waals surface area contributed by atoms with Crippen LogP contribution in [0.15, 0.2) is 24.3 Å². The van der Waals surface area contributed by atoms with Crippen LogP contribution in [0.25, 0.3) is 0 Å². The summed E-state index contributed by atoms with van der Waals surface area (Å²) < 4.78 is 6.04. The van der Waals surface area contributed by atoms with Crippen LogP contribution < -0.4 is 5.32 Å². The van der Waals surface area contributed by atoms with Gasteiger partial charge in [0.15, 0.2) is 0 Å². The van der Waals surface area contributed by atoms with Gasteiger partial charge in [0, 0.05) is 13.0 Å². The van der Waals surface area contributed by atoms with Crippen LogP contribution >= 0.6 is 0 Å². The second-order valence-corrected chi connectivity index (χ2v) is 5.12. The summed E-state index contributed by atoms with van der Waals surface area (Å²) in [5, 5.41) is 12.3. The van der Waals surface area contributed by atoms with Gasteiger partial charge in [-0.2, -0.15) is 0 Å². The summed E-state index contributed by atoms with van der Waals surface area (Å²) in [7, 11) is 0. The highest BCUT2D eigenvalue weighted by molar-refractivity contribution is 5.73. The molecule has 1 aromatic carbocycles. The van der Waals surface area contributed by atoms with Crippen LogP contribution in [-0.4, -0.2) is 23.2 Å². The molecule has 1 amide bonds. The normalized spacial score (nSPS) is 26.9. The molecule has 1 fully saturated rings. The van der Waals surface area contributed by atoms with Gasteiger partial charge in [-0.05, 0) is 37.0 Å². The Balaban J connectivity index is 2.10. The SMILES string of the molecule is CC[C@@H]1C[C@H](NC(C)=O)C[C@H](c2ccc(O)cc2)O1. The lowest BCUT2D eigenvalue weighted by Crippen LogP contribution is -2.42. The molecule has 3 atom stereocenters. The van der Waals surface area contributed by atoms with Crippen LogP contribution in [0.3, 0.4) is 0 Å². The first-order valence-corrected chi connectivity index (χ1v) is 6.80. The molecule has 0 saturated carbocycles. The van der Waals surface area contributed by atoms with Crippen molar-refractivity contribution in [3.05, 3.63) is 29.8 Å². The summed E-state index contributed by atoms with van der Waals surface area (Å²) in [5.74, 6) is 0.260. The zero-order valence-corrected chi connectivity index (χ0v) is 11.4. The number of carbonyl (C=O) groups is 1. The summed E-state index contributed by atoms with van der Waals surface area (Å²) in [4.78, 5) is 11.2. The van der Waals surface area contributed by atoms with Crippen LogP contribution in [0.4, 0.5) is 0 Å². The summed E-state index contributed by atoms with van der Waals surface area (Å²) in [6.45, 7) is 3.64.